The Morgan fingerprint density at radius 2 is 0.840 bits per heavy atom. The highest BCUT2D eigenvalue weighted by Gasteiger charge is 2.40. The van der Waals surface area contributed by atoms with Crippen LogP contribution in [0.4, 0.5) is 17.1 Å². The Bertz CT molecular complexity index is 2380. The standard InChI is InChI=1S/C49H37N/c1-49(2)45-23-14-24-46(47(45)44-33-43(38-19-10-5-11-20-38)41-21-12-13-22-42(41)48(44)49)50(39-29-25-36(26-30-39)34-15-6-3-7-16-34)40-31-27-37(28-32-40)35-17-8-4-9-18-35/h3-33H,1-2H3. The van der Waals surface area contributed by atoms with Gasteiger partial charge in [0.25, 0.3) is 0 Å². The Labute approximate surface area is 294 Å². The van der Waals surface area contributed by atoms with Crippen molar-refractivity contribution in [3.63, 3.8) is 0 Å². The van der Waals surface area contributed by atoms with Gasteiger partial charge in [-0.2, -0.15) is 0 Å². The second kappa shape index (κ2) is 12.1. The van der Waals surface area contributed by atoms with Gasteiger partial charge < -0.3 is 4.90 Å². The van der Waals surface area contributed by atoms with E-state index in [-0.39, 0.29) is 5.41 Å². The van der Waals surface area contributed by atoms with Crippen molar-refractivity contribution >= 4 is 27.8 Å². The van der Waals surface area contributed by atoms with Gasteiger partial charge in [-0.3, -0.25) is 0 Å². The molecule has 0 bridgehead atoms. The predicted octanol–water partition coefficient (Wildman–Crippen LogP) is 13.6. The van der Waals surface area contributed by atoms with Crippen molar-refractivity contribution in [2.75, 3.05) is 4.90 Å². The van der Waals surface area contributed by atoms with E-state index in [4.69, 9.17) is 0 Å². The molecule has 8 aromatic rings. The van der Waals surface area contributed by atoms with Crippen molar-refractivity contribution < 1.29 is 0 Å². The van der Waals surface area contributed by atoms with Crippen LogP contribution in [0.5, 0.6) is 0 Å². The Morgan fingerprint density at radius 3 is 1.38 bits per heavy atom. The van der Waals surface area contributed by atoms with E-state index in [2.05, 4.69) is 207 Å². The fourth-order valence-corrected chi connectivity index (χ4v) is 8.06. The summed E-state index contributed by atoms with van der Waals surface area (Å²) in [6.45, 7) is 4.79. The van der Waals surface area contributed by atoms with Crippen molar-refractivity contribution in [1.82, 2.24) is 0 Å². The Morgan fingerprint density at radius 1 is 0.380 bits per heavy atom. The second-order valence-electron chi connectivity index (χ2n) is 13.7. The van der Waals surface area contributed by atoms with E-state index < -0.39 is 0 Å². The monoisotopic (exact) mass is 639 g/mol. The fraction of sp³-hybridized carbons (Fsp3) is 0.0612. The number of anilines is 3. The topological polar surface area (TPSA) is 3.24 Å². The molecule has 238 valence electrons. The van der Waals surface area contributed by atoms with E-state index in [9.17, 15) is 0 Å². The molecule has 0 N–H and O–H groups in total. The molecule has 9 rings (SSSR count). The van der Waals surface area contributed by atoms with Crippen LogP contribution in [-0.4, -0.2) is 0 Å². The minimum atomic E-state index is -0.185. The zero-order valence-corrected chi connectivity index (χ0v) is 28.3. The normalized spacial score (nSPS) is 12.8. The van der Waals surface area contributed by atoms with Gasteiger partial charge in [0.05, 0.1) is 5.69 Å². The molecule has 0 fully saturated rings. The van der Waals surface area contributed by atoms with Gasteiger partial charge in [0.1, 0.15) is 0 Å². The molecule has 8 aromatic carbocycles. The minimum absolute atomic E-state index is 0.185. The molecule has 0 amide bonds. The van der Waals surface area contributed by atoms with Crippen LogP contribution in [0.25, 0.3) is 55.3 Å². The van der Waals surface area contributed by atoms with E-state index in [1.165, 1.54) is 72.1 Å². The van der Waals surface area contributed by atoms with Crippen LogP contribution in [0.3, 0.4) is 0 Å². The molecule has 1 heteroatoms. The first-order chi connectivity index (χ1) is 24.6. The first kappa shape index (κ1) is 29.9. The third-order valence-corrected chi connectivity index (χ3v) is 10.4. The van der Waals surface area contributed by atoms with E-state index >= 15 is 0 Å². The SMILES string of the molecule is CC1(C)c2cccc(N(c3ccc(-c4ccccc4)cc3)c3ccc(-c4ccccc4)cc3)c2-c2cc(-c3ccccc3)c3ccccc3c21. The van der Waals surface area contributed by atoms with Crippen molar-refractivity contribution in [2.24, 2.45) is 0 Å². The maximum Gasteiger partial charge on any atom is 0.0543 e. The molecule has 0 saturated carbocycles. The van der Waals surface area contributed by atoms with Crippen molar-refractivity contribution in [2.45, 2.75) is 19.3 Å². The minimum Gasteiger partial charge on any atom is -0.310 e. The lowest BCUT2D eigenvalue weighted by molar-refractivity contribution is 0.666. The molecule has 0 heterocycles. The number of fused-ring (bicyclic) bond motifs is 5. The van der Waals surface area contributed by atoms with Crippen LogP contribution >= 0.6 is 0 Å². The maximum absolute atomic E-state index is 2.46. The lowest BCUT2D eigenvalue weighted by Gasteiger charge is -2.29. The summed E-state index contributed by atoms with van der Waals surface area (Å²) in [6, 6.07) is 68.4. The Balaban J connectivity index is 1.28. The predicted molar refractivity (Wildman–Crippen MR) is 213 cm³/mol. The Hall–Kier alpha value is -6.18. The summed E-state index contributed by atoms with van der Waals surface area (Å²) in [4.78, 5) is 2.45. The fourth-order valence-electron chi connectivity index (χ4n) is 8.06. The first-order valence-corrected chi connectivity index (χ1v) is 17.4. The van der Waals surface area contributed by atoms with Crippen LogP contribution in [0.1, 0.15) is 25.0 Å². The lowest BCUT2D eigenvalue weighted by atomic mass is 9.79. The molecule has 1 aliphatic carbocycles. The summed E-state index contributed by atoms with van der Waals surface area (Å²) in [5, 5.41) is 2.62. The van der Waals surface area contributed by atoms with Crippen molar-refractivity contribution in [3.8, 4) is 44.5 Å². The second-order valence-corrected chi connectivity index (χ2v) is 13.7. The van der Waals surface area contributed by atoms with Crippen LogP contribution in [0, 0.1) is 0 Å². The zero-order valence-electron chi connectivity index (χ0n) is 28.3. The van der Waals surface area contributed by atoms with Crippen LogP contribution < -0.4 is 4.90 Å². The lowest BCUT2D eigenvalue weighted by Crippen LogP contribution is -2.16. The Kier molecular flexibility index (Phi) is 7.21. The number of nitrogens with zero attached hydrogens (tertiary/aromatic N) is 1. The zero-order chi connectivity index (χ0) is 33.7. The van der Waals surface area contributed by atoms with Crippen molar-refractivity contribution in [3.05, 3.63) is 199 Å². The average Bonchev–Trinajstić information content (AvgIpc) is 3.42. The summed E-state index contributed by atoms with van der Waals surface area (Å²) in [6.07, 6.45) is 0. The molecule has 0 aliphatic heterocycles. The molecule has 1 aliphatic rings. The van der Waals surface area contributed by atoms with E-state index in [1.807, 2.05) is 0 Å². The van der Waals surface area contributed by atoms with E-state index in [0.717, 1.165) is 11.4 Å². The number of hydrogen-bond donors (Lipinski definition) is 0. The summed E-state index contributed by atoms with van der Waals surface area (Å²) in [5.74, 6) is 0. The summed E-state index contributed by atoms with van der Waals surface area (Å²) >= 11 is 0. The van der Waals surface area contributed by atoms with Gasteiger partial charge >= 0.3 is 0 Å². The van der Waals surface area contributed by atoms with E-state index in [1.54, 1.807) is 0 Å². The van der Waals surface area contributed by atoms with Gasteiger partial charge in [-0.25, -0.2) is 0 Å². The molecule has 0 spiro atoms. The molecule has 0 unspecified atom stereocenters. The summed E-state index contributed by atoms with van der Waals surface area (Å²) < 4.78 is 0. The van der Waals surface area contributed by atoms with E-state index in [0.29, 0.717) is 0 Å². The third-order valence-electron chi connectivity index (χ3n) is 10.4. The highest BCUT2D eigenvalue weighted by Crippen LogP contribution is 2.57. The number of hydrogen-bond acceptors (Lipinski definition) is 1. The van der Waals surface area contributed by atoms with Gasteiger partial charge in [-0.05, 0) is 97.2 Å². The molecule has 0 radical (unpaired) electrons. The average molecular weight is 640 g/mol. The largest absolute Gasteiger partial charge is 0.310 e. The molecule has 0 saturated heterocycles. The summed E-state index contributed by atoms with van der Waals surface area (Å²) in [5.41, 5.74) is 16.0. The van der Waals surface area contributed by atoms with Crippen LogP contribution in [0.15, 0.2) is 188 Å². The van der Waals surface area contributed by atoms with Crippen LogP contribution in [-0.2, 0) is 5.41 Å². The quantitative estimate of drug-likeness (QED) is 0.175. The molecular formula is C49H37N. The van der Waals surface area contributed by atoms with Gasteiger partial charge in [0.2, 0.25) is 0 Å². The highest BCUT2D eigenvalue weighted by atomic mass is 15.1. The van der Waals surface area contributed by atoms with Crippen LogP contribution in [0.2, 0.25) is 0 Å². The maximum atomic E-state index is 2.46. The van der Waals surface area contributed by atoms with Gasteiger partial charge in [-0.1, -0.05) is 166 Å². The van der Waals surface area contributed by atoms with Gasteiger partial charge in [-0.15, -0.1) is 0 Å². The number of rotatable bonds is 6. The molecule has 1 nitrogen and oxygen atoms in total. The molecule has 50 heavy (non-hydrogen) atoms. The summed E-state index contributed by atoms with van der Waals surface area (Å²) in [7, 11) is 0. The number of benzene rings is 8. The smallest absolute Gasteiger partial charge is 0.0543 e. The van der Waals surface area contributed by atoms with Crippen molar-refractivity contribution in [1.29, 1.82) is 0 Å². The van der Waals surface area contributed by atoms with Gasteiger partial charge in [0, 0.05) is 22.4 Å². The molecular weight excluding hydrogens is 603 g/mol. The first-order valence-electron chi connectivity index (χ1n) is 17.4. The molecule has 0 atom stereocenters. The molecule has 0 aromatic heterocycles. The highest BCUT2D eigenvalue weighted by molar-refractivity contribution is 6.08. The van der Waals surface area contributed by atoms with Gasteiger partial charge in [0.15, 0.2) is 0 Å². The third kappa shape index (κ3) is 4.94.